The molecule has 0 saturated carbocycles. The third-order valence-corrected chi connectivity index (χ3v) is 4.80. The first-order valence-electron chi connectivity index (χ1n) is 7.85. The summed E-state index contributed by atoms with van der Waals surface area (Å²) in [5, 5.41) is 0.307. The Morgan fingerprint density at radius 1 is 1.30 bits per heavy atom. The standard InChI is InChI=1S/C16H23N3O3S/c1-5-13-17-10(2)14(11(3)20)15(18-13)23-12(4)16(21)19-6-8-22-9-7-19/h12H,5-9H2,1-4H3/t12-/m0/s1. The number of ketones is 1. The number of aryl methyl sites for hydroxylation is 2. The zero-order valence-electron chi connectivity index (χ0n) is 14.1. The molecule has 0 N–H and O–H groups in total. The smallest absolute Gasteiger partial charge is 0.235 e. The summed E-state index contributed by atoms with van der Waals surface area (Å²) in [5.74, 6) is 0.682. The number of Topliss-reactive ketones (excluding diaryl/α,β-unsaturated/α-hetero) is 1. The van der Waals surface area contributed by atoms with Gasteiger partial charge in [-0.1, -0.05) is 18.7 Å². The van der Waals surface area contributed by atoms with Crippen LogP contribution in [0.3, 0.4) is 0 Å². The zero-order valence-corrected chi connectivity index (χ0v) is 14.9. The van der Waals surface area contributed by atoms with Gasteiger partial charge in [-0.15, -0.1) is 0 Å². The lowest BCUT2D eigenvalue weighted by atomic mass is 10.2. The number of thioether (sulfide) groups is 1. The van der Waals surface area contributed by atoms with Crippen LogP contribution in [0.25, 0.3) is 0 Å². The van der Waals surface area contributed by atoms with Crippen molar-refractivity contribution in [1.82, 2.24) is 14.9 Å². The van der Waals surface area contributed by atoms with Gasteiger partial charge in [0, 0.05) is 19.5 Å². The highest BCUT2D eigenvalue weighted by atomic mass is 32.2. The lowest BCUT2D eigenvalue weighted by Gasteiger charge is -2.29. The Bertz CT molecular complexity index is 600. The molecule has 1 aromatic heterocycles. The molecule has 0 unspecified atom stereocenters. The van der Waals surface area contributed by atoms with E-state index >= 15 is 0 Å². The number of hydrogen-bond donors (Lipinski definition) is 0. The Morgan fingerprint density at radius 2 is 1.96 bits per heavy atom. The number of morpholine rings is 1. The second-order valence-corrected chi connectivity index (χ2v) is 6.84. The van der Waals surface area contributed by atoms with Crippen LogP contribution in [0.4, 0.5) is 0 Å². The summed E-state index contributed by atoms with van der Waals surface area (Å²) in [4.78, 5) is 35.1. The van der Waals surface area contributed by atoms with E-state index in [1.807, 2.05) is 25.7 Å². The Balaban J connectivity index is 2.22. The van der Waals surface area contributed by atoms with Crippen molar-refractivity contribution in [3.63, 3.8) is 0 Å². The van der Waals surface area contributed by atoms with E-state index in [1.54, 1.807) is 0 Å². The topological polar surface area (TPSA) is 72.4 Å². The molecule has 0 radical (unpaired) electrons. The van der Waals surface area contributed by atoms with Crippen LogP contribution in [0.5, 0.6) is 0 Å². The van der Waals surface area contributed by atoms with E-state index in [1.165, 1.54) is 18.7 Å². The first-order valence-corrected chi connectivity index (χ1v) is 8.73. The summed E-state index contributed by atoms with van der Waals surface area (Å²) in [6.45, 7) is 9.54. The first-order chi connectivity index (χ1) is 10.9. The minimum Gasteiger partial charge on any atom is -0.378 e. The van der Waals surface area contributed by atoms with Crippen molar-refractivity contribution in [3.05, 3.63) is 17.1 Å². The summed E-state index contributed by atoms with van der Waals surface area (Å²) < 4.78 is 5.28. The number of rotatable bonds is 5. The minimum absolute atomic E-state index is 0.0575. The highest BCUT2D eigenvalue weighted by Crippen LogP contribution is 2.28. The molecule has 2 rings (SSSR count). The molecule has 0 aromatic carbocycles. The number of hydrogen-bond acceptors (Lipinski definition) is 6. The van der Waals surface area contributed by atoms with Gasteiger partial charge in [-0.05, 0) is 20.8 Å². The number of ether oxygens (including phenoxy) is 1. The Kier molecular flexibility index (Phi) is 6.12. The molecule has 1 aromatic rings. The number of amides is 1. The molecule has 2 heterocycles. The van der Waals surface area contributed by atoms with Crippen LogP contribution >= 0.6 is 11.8 Å². The molecule has 6 nitrogen and oxygen atoms in total. The number of nitrogens with zero attached hydrogens (tertiary/aromatic N) is 3. The van der Waals surface area contributed by atoms with Crippen molar-refractivity contribution >= 4 is 23.5 Å². The molecule has 0 spiro atoms. The van der Waals surface area contributed by atoms with Crippen LogP contribution in [0.2, 0.25) is 0 Å². The lowest BCUT2D eigenvalue weighted by molar-refractivity contribution is -0.134. The van der Waals surface area contributed by atoms with Gasteiger partial charge in [0.25, 0.3) is 0 Å². The monoisotopic (exact) mass is 337 g/mol. The zero-order chi connectivity index (χ0) is 17.0. The van der Waals surface area contributed by atoms with Crippen LogP contribution in [0, 0.1) is 6.92 Å². The number of carbonyl (C=O) groups excluding carboxylic acids is 2. The van der Waals surface area contributed by atoms with Crippen LogP contribution in [0.1, 0.15) is 42.6 Å². The molecule has 1 aliphatic heterocycles. The molecule has 126 valence electrons. The summed E-state index contributed by atoms with van der Waals surface area (Å²) in [5.41, 5.74) is 1.20. The molecule has 1 fully saturated rings. The number of aromatic nitrogens is 2. The second-order valence-electron chi connectivity index (χ2n) is 5.51. The molecule has 1 saturated heterocycles. The van der Waals surface area contributed by atoms with Crippen LogP contribution < -0.4 is 0 Å². The van der Waals surface area contributed by atoms with Gasteiger partial charge in [0.1, 0.15) is 10.9 Å². The average molecular weight is 337 g/mol. The van der Waals surface area contributed by atoms with E-state index in [2.05, 4.69) is 9.97 Å². The van der Waals surface area contributed by atoms with Crippen molar-refractivity contribution in [1.29, 1.82) is 0 Å². The Morgan fingerprint density at radius 3 is 2.52 bits per heavy atom. The normalized spacial score (nSPS) is 16.3. The fourth-order valence-corrected chi connectivity index (χ4v) is 3.66. The minimum atomic E-state index is -0.301. The third kappa shape index (κ3) is 4.29. The fourth-order valence-electron chi connectivity index (χ4n) is 2.51. The summed E-state index contributed by atoms with van der Waals surface area (Å²) in [7, 11) is 0. The van der Waals surface area contributed by atoms with Crippen LogP contribution in [0.15, 0.2) is 5.03 Å². The van der Waals surface area contributed by atoms with Crippen molar-refractivity contribution in [2.24, 2.45) is 0 Å². The van der Waals surface area contributed by atoms with Crippen molar-refractivity contribution in [2.45, 2.75) is 44.4 Å². The van der Waals surface area contributed by atoms with Gasteiger partial charge in [-0.25, -0.2) is 9.97 Å². The molecule has 23 heavy (non-hydrogen) atoms. The quantitative estimate of drug-likeness (QED) is 0.464. The van der Waals surface area contributed by atoms with E-state index in [-0.39, 0.29) is 16.9 Å². The predicted molar refractivity (Wildman–Crippen MR) is 88.9 cm³/mol. The average Bonchev–Trinajstić information content (AvgIpc) is 2.53. The maximum absolute atomic E-state index is 12.5. The summed E-state index contributed by atoms with van der Waals surface area (Å²) in [6.07, 6.45) is 0.693. The van der Waals surface area contributed by atoms with E-state index in [9.17, 15) is 9.59 Å². The Hall–Kier alpha value is -1.47. The van der Waals surface area contributed by atoms with Gasteiger partial charge in [0.05, 0.1) is 29.7 Å². The SMILES string of the molecule is CCc1nc(C)c(C(C)=O)c(S[C@@H](C)C(=O)N2CCOCC2)n1. The molecule has 0 aliphatic carbocycles. The molecule has 1 aliphatic rings. The second kappa shape index (κ2) is 7.88. The maximum atomic E-state index is 12.5. The van der Waals surface area contributed by atoms with E-state index in [4.69, 9.17) is 4.74 Å². The maximum Gasteiger partial charge on any atom is 0.235 e. The molecule has 1 amide bonds. The van der Waals surface area contributed by atoms with Gasteiger partial charge >= 0.3 is 0 Å². The van der Waals surface area contributed by atoms with Crippen molar-refractivity contribution in [2.75, 3.05) is 26.3 Å². The highest BCUT2D eigenvalue weighted by Gasteiger charge is 2.26. The van der Waals surface area contributed by atoms with Gasteiger partial charge in [-0.3, -0.25) is 9.59 Å². The Labute approximate surface area is 141 Å². The van der Waals surface area contributed by atoms with Crippen molar-refractivity contribution in [3.8, 4) is 0 Å². The first kappa shape index (κ1) is 17.9. The molecular formula is C16H23N3O3S. The van der Waals surface area contributed by atoms with Crippen molar-refractivity contribution < 1.29 is 14.3 Å². The van der Waals surface area contributed by atoms with Gasteiger partial charge in [0.15, 0.2) is 5.78 Å². The van der Waals surface area contributed by atoms with E-state index in [0.29, 0.717) is 54.8 Å². The van der Waals surface area contributed by atoms with Gasteiger partial charge in [0.2, 0.25) is 5.91 Å². The largest absolute Gasteiger partial charge is 0.378 e. The molecular weight excluding hydrogens is 314 g/mol. The van der Waals surface area contributed by atoms with Gasteiger partial charge in [-0.2, -0.15) is 0 Å². The molecule has 0 bridgehead atoms. The highest BCUT2D eigenvalue weighted by molar-refractivity contribution is 8.00. The van der Waals surface area contributed by atoms with Gasteiger partial charge < -0.3 is 9.64 Å². The van der Waals surface area contributed by atoms with E-state index < -0.39 is 0 Å². The summed E-state index contributed by atoms with van der Waals surface area (Å²) >= 11 is 1.34. The van der Waals surface area contributed by atoms with Crippen LogP contribution in [-0.4, -0.2) is 58.1 Å². The lowest BCUT2D eigenvalue weighted by Crippen LogP contribution is -2.44. The predicted octanol–water partition coefficient (Wildman–Crippen LogP) is 1.89. The summed E-state index contributed by atoms with van der Waals surface area (Å²) in [6, 6.07) is 0. The number of carbonyl (C=O) groups is 2. The van der Waals surface area contributed by atoms with Crippen LogP contribution in [-0.2, 0) is 16.0 Å². The fraction of sp³-hybridized carbons (Fsp3) is 0.625. The third-order valence-electron chi connectivity index (χ3n) is 3.73. The molecule has 1 atom stereocenters. The molecule has 7 heteroatoms. The van der Waals surface area contributed by atoms with E-state index in [0.717, 1.165) is 0 Å².